The Balaban J connectivity index is 3.31. The molecule has 0 fully saturated rings. The zero-order valence-electron chi connectivity index (χ0n) is 7.17. The number of carbonyl (C=O) groups is 1. The first kappa shape index (κ1) is 12.2. The number of hydrogen-bond acceptors (Lipinski definition) is 3. The molecule has 0 radical (unpaired) electrons. The van der Waals surface area contributed by atoms with Gasteiger partial charge in [0.2, 0.25) is 0 Å². The molecule has 0 saturated heterocycles. The van der Waals surface area contributed by atoms with E-state index in [2.05, 4.69) is 0 Å². The Morgan fingerprint density at radius 1 is 1.33 bits per heavy atom. The Hall–Kier alpha value is -0.840. The van der Waals surface area contributed by atoms with E-state index in [0.29, 0.717) is 0 Å². The van der Waals surface area contributed by atoms with Gasteiger partial charge in [-0.2, -0.15) is 0 Å². The van der Waals surface area contributed by atoms with E-state index < -0.39 is 16.4 Å². The predicted molar refractivity (Wildman–Crippen MR) is 58.2 cm³/mol. The van der Waals surface area contributed by atoms with Crippen LogP contribution in [0.2, 0.25) is 10.0 Å². The Bertz CT molecular complexity index is 410. The molecular weight excluding hydrogens is 264 g/mol. The van der Waals surface area contributed by atoms with Gasteiger partial charge in [-0.1, -0.05) is 23.2 Å². The van der Waals surface area contributed by atoms with Crippen LogP contribution in [-0.2, 0) is 0 Å². The second-order valence-corrected chi connectivity index (χ2v) is 3.68. The second kappa shape index (κ2) is 4.79. The molecule has 1 rings (SSSR count). The van der Waals surface area contributed by atoms with Crippen molar-refractivity contribution in [1.29, 1.82) is 0 Å². The lowest BCUT2D eigenvalue weighted by Gasteiger charge is -2.01. The van der Waals surface area contributed by atoms with Crippen LogP contribution in [0.3, 0.4) is 0 Å². The summed E-state index contributed by atoms with van der Waals surface area (Å²) in [5.41, 5.74) is -0.255. The average Bonchev–Trinajstić information content (AvgIpc) is 2.14. The third-order valence-corrected chi connectivity index (χ3v) is 2.46. The minimum Gasteiger partial charge on any atom is -0.293 e. The molecule has 7 heteroatoms. The second-order valence-electron chi connectivity index (χ2n) is 2.60. The molecule has 0 N–H and O–H groups in total. The van der Waals surface area contributed by atoms with Gasteiger partial charge in [0.15, 0.2) is 5.78 Å². The van der Waals surface area contributed by atoms with Crippen LogP contribution in [-0.4, -0.2) is 16.6 Å². The largest absolute Gasteiger partial charge is 0.306 e. The van der Waals surface area contributed by atoms with Gasteiger partial charge in [0.05, 0.1) is 10.8 Å². The lowest BCUT2D eigenvalue weighted by atomic mass is 10.1. The van der Waals surface area contributed by atoms with Crippen molar-refractivity contribution in [3.05, 3.63) is 37.9 Å². The van der Waals surface area contributed by atoms with E-state index in [1.165, 1.54) is 12.1 Å². The maximum absolute atomic E-state index is 11.2. The highest BCUT2D eigenvalue weighted by Gasteiger charge is 2.20. The van der Waals surface area contributed by atoms with E-state index in [9.17, 15) is 14.9 Å². The van der Waals surface area contributed by atoms with Gasteiger partial charge in [0, 0.05) is 5.56 Å². The Labute approximate surface area is 99.9 Å². The van der Waals surface area contributed by atoms with Crippen LogP contribution in [0, 0.1) is 10.1 Å². The Morgan fingerprint density at radius 3 is 2.13 bits per heavy atom. The fraction of sp³-hybridized carbons (Fsp3) is 0.125. The number of carbonyl (C=O) groups excluding carboxylic acids is 1. The third kappa shape index (κ3) is 2.59. The zero-order valence-corrected chi connectivity index (χ0v) is 9.44. The number of benzene rings is 1. The van der Waals surface area contributed by atoms with Crippen molar-refractivity contribution in [3.8, 4) is 0 Å². The molecule has 80 valence electrons. The summed E-state index contributed by atoms with van der Waals surface area (Å²) < 4.78 is 0. The van der Waals surface area contributed by atoms with E-state index in [0.717, 1.165) is 0 Å². The molecule has 4 nitrogen and oxygen atoms in total. The van der Waals surface area contributed by atoms with Crippen molar-refractivity contribution in [2.24, 2.45) is 0 Å². The highest BCUT2D eigenvalue weighted by molar-refractivity contribution is 6.39. The number of Topliss-reactive ketones (excluding diaryl/α,β-unsaturated/α-hetero) is 1. The van der Waals surface area contributed by atoms with E-state index in [4.69, 9.17) is 34.8 Å². The molecule has 0 aliphatic carbocycles. The molecule has 0 amide bonds. The molecule has 0 bridgehead atoms. The van der Waals surface area contributed by atoms with Crippen LogP contribution in [0.5, 0.6) is 0 Å². The number of nitro benzene ring substituents is 1. The van der Waals surface area contributed by atoms with Gasteiger partial charge in [0.1, 0.15) is 10.0 Å². The number of halogens is 3. The van der Waals surface area contributed by atoms with Gasteiger partial charge in [-0.05, 0) is 12.1 Å². The number of rotatable bonds is 3. The van der Waals surface area contributed by atoms with Crippen molar-refractivity contribution in [2.45, 2.75) is 0 Å². The van der Waals surface area contributed by atoms with E-state index in [-0.39, 0.29) is 21.5 Å². The minimum absolute atomic E-state index is 0.158. The normalized spacial score (nSPS) is 10.1. The number of nitrogens with zero attached hydrogens (tertiary/aromatic N) is 1. The van der Waals surface area contributed by atoms with Crippen LogP contribution < -0.4 is 0 Å². The van der Waals surface area contributed by atoms with Crippen molar-refractivity contribution in [1.82, 2.24) is 0 Å². The standard InChI is InChI=1S/C8H4Cl3NO3/c9-3-7(13)4-1-5(10)8(12(14)15)6(11)2-4/h1-2H,3H2. The summed E-state index contributed by atoms with van der Waals surface area (Å²) in [4.78, 5) is 21.0. The lowest BCUT2D eigenvalue weighted by Crippen LogP contribution is -2.01. The third-order valence-electron chi connectivity index (χ3n) is 1.64. The molecule has 0 unspecified atom stereocenters. The molecule has 1 aromatic carbocycles. The number of ketones is 1. The molecule has 0 aliphatic heterocycles. The summed E-state index contributed by atoms with van der Waals surface area (Å²) in [5.74, 6) is -0.625. The fourth-order valence-electron chi connectivity index (χ4n) is 0.978. The van der Waals surface area contributed by atoms with Crippen LogP contribution in [0.4, 0.5) is 5.69 Å². The highest BCUT2D eigenvalue weighted by atomic mass is 35.5. The van der Waals surface area contributed by atoms with Crippen LogP contribution in [0.1, 0.15) is 10.4 Å². The van der Waals surface area contributed by atoms with Gasteiger partial charge in [-0.15, -0.1) is 11.6 Å². The first-order chi connectivity index (χ1) is 6.97. The minimum atomic E-state index is -0.709. The topological polar surface area (TPSA) is 60.2 Å². The SMILES string of the molecule is O=C(CCl)c1cc(Cl)c([N+](=O)[O-])c(Cl)c1. The average molecular weight is 268 g/mol. The van der Waals surface area contributed by atoms with Crippen molar-refractivity contribution < 1.29 is 9.72 Å². The molecule has 1 aromatic rings. The molecule has 0 heterocycles. The Morgan fingerprint density at radius 2 is 1.80 bits per heavy atom. The van der Waals surface area contributed by atoms with Crippen LogP contribution in [0.25, 0.3) is 0 Å². The molecule has 0 saturated carbocycles. The predicted octanol–water partition coefficient (Wildman–Crippen LogP) is 3.32. The Kier molecular flexibility index (Phi) is 3.90. The summed E-state index contributed by atoms with van der Waals surface area (Å²) >= 11 is 16.5. The molecular formula is C8H4Cl3NO3. The number of nitro groups is 1. The smallest absolute Gasteiger partial charge is 0.293 e. The maximum atomic E-state index is 11.2. The summed E-state index contributed by atoms with van der Waals surface area (Å²) in [7, 11) is 0. The first-order valence-corrected chi connectivity index (χ1v) is 4.99. The molecule has 0 spiro atoms. The van der Waals surface area contributed by atoms with Crippen molar-refractivity contribution >= 4 is 46.3 Å². The van der Waals surface area contributed by atoms with Crippen molar-refractivity contribution in [2.75, 3.05) is 5.88 Å². The van der Waals surface area contributed by atoms with Gasteiger partial charge in [-0.3, -0.25) is 14.9 Å². The monoisotopic (exact) mass is 267 g/mol. The van der Waals surface area contributed by atoms with Gasteiger partial charge >= 0.3 is 5.69 Å². The summed E-state index contributed by atoms with van der Waals surface area (Å²) in [5, 5.41) is 10.2. The van der Waals surface area contributed by atoms with E-state index >= 15 is 0 Å². The number of alkyl halides is 1. The summed E-state index contributed by atoms with van der Waals surface area (Å²) in [6.45, 7) is 0. The lowest BCUT2D eigenvalue weighted by molar-refractivity contribution is -0.384. The summed E-state index contributed by atoms with van der Waals surface area (Å²) in [6.07, 6.45) is 0. The van der Waals surface area contributed by atoms with Crippen LogP contribution >= 0.6 is 34.8 Å². The van der Waals surface area contributed by atoms with Crippen LogP contribution in [0.15, 0.2) is 12.1 Å². The van der Waals surface area contributed by atoms with Gasteiger partial charge < -0.3 is 0 Å². The summed E-state index contributed by atoms with van der Waals surface area (Å²) in [6, 6.07) is 2.35. The van der Waals surface area contributed by atoms with Crippen molar-refractivity contribution in [3.63, 3.8) is 0 Å². The zero-order chi connectivity index (χ0) is 11.6. The molecule has 15 heavy (non-hydrogen) atoms. The van der Waals surface area contributed by atoms with Gasteiger partial charge in [0.25, 0.3) is 0 Å². The maximum Gasteiger partial charge on any atom is 0.306 e. The molecule has 0 aliphatic rings. The molecule has 0 aromatic heterocycles. The quantitative estimate of drug-likeness (QED) is 0.366. The number of hydrogen-bond donors (Lipinski definition) is 0. The van der Waals surface area contributed by atoms with E-state index in [1.807, 2.05) is 0 Å². The first-order valence-electron chi connectivity index (χ1n) is 3.70. The van der Waals surface area contributed by atoms with E-state index in [1.54, 1.807) is 0 Å². The fourth-order valence-corrected chi connectivity index (χ4v) is 1.76. The highest BCUT2D eigenvalue weighted by Crippen LogP contribution is 2.33. The van der Waals surface area contributed by atoms with Gasteiger partial charge in [-0.25, -0.2) is 0 Å². The molecule has 0 atom stereocenters.